The number of imidazole rings is 3. The van der Waals surface area contributed by atoms with Gasteiger partial charge in [-0.2, -0.15) is 0 Å². The Bertz CT molecular complexity index is 5680. The molecule has 10 rings (SSSR count). The first kappa shape index (κ1) is 88.0. The van der Waals surface area contributed by atoms with Crippen molar-refractivity contribution in [3.05, 3.63) is 162 Å². The van der Waals surface area contributed by atoms with E-state index in [0.717, 1.165) is 13.0 Å². The minimum atomic E-state index is -0.685. The number of amides is 15. The maximum atomic E-state index is 13.6. The highest BCUT2D eigenvalue weighted by molar-refractivity contribution is 6.11. The number of hydrogen-bond acceptors (Lipinski definition) is 19. The lowest BCUT2D eigenvalue weighted by Gasteiger charge is -2.10. The molecule has 0 saturated carbocycles. The van der Waals surface area contributed by atoms with Crippen LogP contribution in [0.25, 0.3) is 0 Å². The lowest BCUT2D eigenvalue weighted by atomic mass is 10.3. The van der Waals surface area contributed by atoms with Crippen molar-refractivity contribution in [1.82, 2.24) is 92.1 Å². The summed E-state index contributed by atoms with van der Waals surface area (Å²) in [5, 5.41) is 40.5. The summed E-state index contributed by atoms with van der Waals surface area (Å²) in [6, 6.07) is 10.2. The maximum absolute atomic E-state index is 13.6. The number of hydrogen-bond donors (Lipinski definition) is 15. The van der Waals surface area contributed by atoms with Gasteiger partial charge < -0.3 is 130 Å². The zero-order chi connectivity index (χ0) is 87.8. The van der Waals surface area contributed by atoms with Crippen LogP contribution in [-0.2, 0) is 94.4 Å². The SMILES string of the molecule is CC(=O)Nc1cc(C(=O)Nc2cc(C(=O)NCCC(=O)Nc3cc(C(=O)Nc4cc(C(=O)Nc5cn(C)c(C(=O)NCCCC(=O)Nc6cc(C(=O)Nc7cc(C(=O)Nc8cc(C(=O)NCCC(=O)Nc9cn(C)c(C(=O)Nc%10cn(C)c(C(=O)NCCC(=O)NCCCN(C)C)n%10)n9)n(C)c8)n(C)c7)n(C)c6)n5)n(C)c4)n(C)c3)n(C)c2)n(C)c1. The third-order valence-corrected chi connectivity index (χ3v) is 18.5. The average Bonchev–Trinajstić information content (AvgIpc) is 1.68. The van der Waals surface area contributed by atoms with Crippen LogP contribution in [0.15, 0.2) is 104 Å². The average molecular weight is 1670 g/mol. The monoisotopic (exact) mass is 1670 g/mol. The number of aryl methyl sites for hydroxylation is 10. The van der Waals surface area contributed by atoms with Gasteiger partial charge in [0.1, 0.15) is 39.9 Å². The Morgan fingerprint density at radius 2 is 0.529 bits per heavy atom. The summed E-state index contributed by atoms with van der Waals surface area (Å²) in [6.07, 6.45) is 15.8. The minimum Gasteiger partial charge on any atom is -0.356 e. The van der Waals surface area contributed by atoms with Gasteiger partial charge in [-0.25, -0.2) is 15.0 Å². The van der Waals surface area contributed by atoms with E-state index in [0.29, 0.717) is 29.3 Å². The Labute approximate surface area is 691 Å². The Morgan fingerprint density at radius 3 is 0.884 bits per heavy atom. The molecular formula is C77H95N29O15. The van der Waals surface area contributed by atoms with Crippen molar-refractivity contribution in [3.8, 4) is 0 Å². The molecule has 10 aromatic rings. The predicted octanol–water partition coefficient (Wildman–Crippen LogP) is 2.58. The van der Waals surface area contributed by atoms with Gasteiger partial charge in [0, 0.05) is 198 Å². The molecule has 0 spiro atoms. The van der Waals surface area contributed by atoms with Gasteiger partial charge in [0.15, 0.2) is 17.5 Å². The molecule has 15 N–H and O–H groups in total. The fourth-order valence-corrected chi connectivity index (χ4v) is 12.6. The Hall–Kier alpha value is -15.4. The van der Waals surface area contributed by atoms with Crippen LogP contribution < -0.4 is 79.8 Å². The number of anilines is 10. The van der Waals surface area contributed by atoms with Gasteiger partial charge in [-0.05, 0) is 75.9 Å². The molecule has 0 bridgehead atoms. The predicted molar refractivity (Wildman–Crippen MR) is 444 cm³/mol. The van der Waals surface area contributed by atoms with E-state index in [9.17, 15) is 71.9 Å². The molecule has 0 unspecified atom stereocenters. The van der Waals surface area contributed by atoms with E-state index in [2.05, 4.69) is 94.7 Å². The summed E-state index contributed by atoms with van der Waals surface area (Å²) in [7, 11) is 19.8. The van der Waals surface area contributed by atoms with Gasteiger partial charge in [-0.1, -0.05) is 0 Å². The van der Waals surface area contributed by atoms with Crippen LogP contribution in [-0.4, -0.2) is 207 Å². The van der Waals surface area contributed by atoms with E-state index < -0.39 is 76.8 Å². The van der Waals surface area contributed by atoms with E-state index in [1.54, 1.807) is 80.4 Å². The third kappa shape index (κ3) is 23.5. The highest BCUT2D eigenvalue weighted by Gasteiger charge is 2.26. The highest BCUT2D eigenvalue weighted by atomic mass is 16.2. The first-order chi connectivity index (χ1) is 57.4. The van der Waals surface area contributed by atoms with Gasteiger partial charge in [0.05, 0.1) is 39.8 Å². The molecule has 0 aliphatic rings. The van der Waals surface area contributed by atoms with Crippen LogP contribution in [0.1, 0.15) is 151 Å². The second kappa shape index (κ2) is 39.0. The largest absolute Gasteiger partial charge is 0.356 e. The van der Waals surface area contributed by atoms with Crippen LogP contribution >= 0.6 is 0 Å². The first-order valence-electron chi connectivity index (χ1n) is 37.8. The molecule has 10 heterocycles. The summed E-state index contributed by atoms with van der Waals surface area (Å²) in [6.45, 7) is 2.69. The molecule has 0 aliphatic carbocycles. The summed E-state index contributed by atoms with van der Waals surface area (Å²) in [5.41, 5.74) is 3.42. The van der Waals surface area contributed by atoms with Crippen molar-refractivity contribution >= 4 is 146 Å². The van der Waals surface area contributed by atoms with Crippen molar-refractivity contribution in [2.24, 2.45) is 70.5 Å². The highest BCUT2D eigenvalue weighted by Crippen LogP contribution is 2.25. The van der Waals surface area contributed by atoms with E-state index in [1.807, 2.05) is 19.0 Å². The molecular weight excluding hydrogens is 1570 g/mol. The van der Waals surface area contributed by atoms with E-state index in [1.165, 1.54) is 147 Å². The van der Waals surface area contributed by atoms with E-state index in [-0.39, 0.29) is 162 Å². The van der Waals surface area contributed by atoms with E-state index >= 15 is 0 Å². The molecule has 15 amide bonds. The zero-order valence-electron chi connectivity index (χ0n) is 68.7. The fraction of sp³-hybridized carbons (Fsp3) is 0.325. The summed E-state index contributed by atoms with van der Waals surface area (Å²) in [5.74, 6) is -7.55. The van der Waals surface area contributed by atoms with Crippen molar-refractivity contribution in [1.29, 1.82) is 0 Å². The Kier molecular flexibility index (Phi) is 28.4. The summed E-state index contributed by atoms with van der Waals surface area (Å²) in [4.78, 5) is 210. The van der Waals surface area contributed by atoms with Crippen LogP contribution in [0, 0.1) is 0 Å². The number of nitrogens with zero attached hydrogens (tertiary/aromatic N) is 14. The van der Waals surface area contributed by atoms with Crippen molar-refractivity contribution in [2.75, 3.05) is 107 Å². The fourth-order valence-electron chi connectivity index (χ4n) is 12.6. The van der Waals surface area contributed by atoms with Crippen LogP contribution in [0.4, 0.5) is 57.3 Å². The van der Waals surface area contributed by atoms with Crippen molar-refractivity contribution < 1.29 is 71.9 Å². The summed E-state index contributed by atoms with van der Waals surface area (Å²) >= 11 is 0. The number of carbonyl (C=O) groups is 15. The Balaban J connectivity index is 0.598. The third-order valence-electron chi connectivity index (χ3n) is 18.5. The molecule has 0 aliphatic heterocycles. The van der Waals surface area contributed by atoms with Gasteiger partial charge in [0.2, 0.25) is 47.0 Å². The molecule has 0 radical (unpaired) electrons. The maximum Gasteiger partial charge on any atom is 0.292 e. The molecule has 44 heteroatoms. The van der Waals surface area contributed by atoms with Gasteiger partial charge >= 0.3 is 0 Å². The second-order valence-corrected chi connectivity index (χ2v) is 28.7. The second-order valence-electron chi connectivity index (χ2n) is 28.7. The molecule has 121 heavy (non-hydrogen) atoms. The molecule has 10 aromatic heterocycles. The molecule has 0 aromatic carbocycles. The first-order valence-corrected chi connectivity index (χ1v) is 37.8. The number of rotatable bonds is 37. The molecule has 0 saturated heterocycles. The molecule has 0 fully saturated rings. The normalized spacial score (nSPS) is 11.0. The molecule has 638 valence electrons. The molecule has 0 atom stereocenters. The zero-order valence-corrected chi connectivity index (χ0v) is 68.7. The van der Waals surface area contributed by atoms with Gasteiger partial charge in [0.25, 0.3) is 59.1 Å². The van der Waals surface area contributed by atoms with Crippen LogP contribution in [0.5, 0.6) is 0 Å². The number of carbonyl (C=O) groups excluding carboxylic acids is 15. The van der Waals surface area contributed by atoms with E-state index in [4.69, 9.17) is 0 Å². The van der Waals surface area contributed by atoms with Crippen molar-refractivity contribution in [3.63, 3.8) is 0 Å². The van der Waals surface area contributed by atoms with Crippen molar-refractivity contribution in [2.45, 2.75) is 45.4 Å². The topological polar surface area (TPSA) is 528 Å². The van der Waals surface area contributed by atoms with Crippen LogP contribution in [0.2, 0.25) is 0 Å². The smallest absolute Gasteiger partial charge is 0.292 e. The molecule has 44 nitrogen and oxygen atoms in total. The minimum absolute atomic E-state index is 0.0104. The standard InChI is InChI=1S/C77H95N29O15/c1-43(107)83-44-26-53(99(6)33-44)70(114)86-47-29-51(97(4)36-47)68(112)80-23-18-63(110)85-46-28-55(101(8)35-46)72(116)89-50-32-57(103(10)39-50)74(118)94-59-41-104(11)65(92-59)75(119)79-20-14-16-62(109)84-45-27-54(100(7)34-45)71(115)88-49-31-56(102(9)38-49)73(117)87-48-30-52(98(5)37-48)69(113)81-24-19-64(111)90-58-40-106(13)67(91-58)77(121)95-60-42-105(12)66(93-60)76(120)82-22-17-61(108)78-21-15-25-96(2)3/h26-42H,14-25H2,1-13H3,(H,78,108)(H,79,119)(H,80,112)(H,81,113)(H,82,120)(H,83,107)(H,84,109)(H,85,110)(H,86,114)(H,87,117)(H,88,115)(H,89,116)(H,90,111)(H,94,118)(H,95,121). The summed E-state index contributed by atoms with van der Waals surface area (Å²) < 4.78 is 14.7. The van der Waals surface area contributed by atoms with Gasteiger partial charge in [-0.3, -0.25) is 71.9 Å². The van der Waals surface area contributed by atoms with Crippen LogP contribution in [0.3, 0.4) is 0 Å². The Morgan fingerprint density at radius 1 is 0.264 bits per heavy atom. The quantitative estimate of drug-likeness (QED) is 0.0249. The lowest BCUT2D eigenvalue weighted by Crippen LogP contribution is -2.32. The number of aromatic nitrogens is 13. The number of nitrogens with one attached hydrogen (secondary N) is 15. The lowest BCUT2D eigenvalue weighted by molar-refractivity contribution is -0.121. The van der Waals surface area contributed by atoms with Gasteiger partial charge in [-0.15, -0.1) is 0 Å².